The fourth-order valence-electron chi connectivity index (χ4n) is 2.91. The van der Waals surface area contributed by atoms with Gasteiger partial charge >= 0.3 is 0 Å². The summed E-state index contributed by atoms with van der Waals surface area (Å²) in [5, 5.41) is 7.64. The molecule has 2 aromatic heterocycles. The minimum atomic E-state index is -0.325. The quantitative estimate of drug-likeness (QED) is 0.382. The molecule has 0 fully saturated rings. The van der Waals surface area contributed by atoms with E-state index < -0.39 is 0 Å². The van der Waals surface area contributed by atoms with E-state index in [2.05, 4.69) is 15.6 Å². The first kappa shape index (κ1) is 22.2. The van der Waals surface area contributed by atoms with Crippen LogP contribution in [-0.2, 0) is 17.9 Å². The van der Waals surface area contributed by atoms with Gasteiger partial charge in [-0.1, -0.05) is 18.2 Å². The van der Waals surface area contributed by atoms with Gasteiger partial charge in [0, 0.05) is 17.9 Å². The molecule has 33 heavy (non-hydrogen) atoms. The maximum atomic E-state index is 13.0. The molecule has 0 unspecified atom stereocenters. The van der Waals surface area contributed by atoms with E-state index >= 15 is 0 Å². The predicted octanol–water partition coefficient (Wildman–Crippen LogP) is 5.01. The molecule has 4 aromatic rings. The Morgan fingerprint density at radius 2 is 1.94 bits per heavy atom. The number of rotatable bonds is 8. The Hall–Kier alpha value is -3.98. The summed E-state index contributed by atoms with van der Waals surface area (Å²) in [6.07, 6.45) is 0. The summed E-state index contributed by atoms with van der Waals surface area (Å²) in [5.74, 6) is 0.902. The molecule has 7 nitrogen and oxygen atoms in total. The van der Waals surface area contributed by atoms with Gasteiger partial charge in [0.15, 0.2) is 10.9 Å². The zero-order valence-corrected chi connectivity index (χ0v) is 18.4. The van der Waals surface area contributed by atoms with Crippen LogP contribution in [0.2, 0.25) is 0 Å². The molecule has 4 rings (SSSR count). The molecule has 2 heterocycles. The molecule has 9 heteroatoms. The average molecular weight is 466 g/mol. The van der Waals surface area contributed by atoms with E-state index in [1.807, 2.05) is 0 Å². The molecule has 0 radical (unpaired) electrons. The fraction of sp³-hybridized carbons (Fsp3) is 0.125. The lowest BCUT2D eigenvalue weighted by Gasteiger charge is -2.08. The topological polar surface area (TPSA) is 93.5 Å². The number of ether oxygens (including phenoxy) is 1. The van der Waals surface area contributed by atoms with Crippen molar-refractivity contribution in [3.63, 3.8) is 0 Å². The van der Waals surface area contributed by atoms with E-state index in [1.165, 1.54) is 30.4 Å². The monoisotopic (exact) mass is 465 g/mol. The van der Waals surface area contributed by atoms with Crippen molar-refractivity contribution in [1.82, 2.24) is 10.3 Å². The Morgan fingerprint density at radius 1 is 1.12 bits per heavy atom. The van der Waals surface area contributed by atoms with Gasteiger partial charge in [0.25, 0.3) is 5.91 Å². The lowest BCUT2D eigenvalue weighted by molar-refractivity contribution is -0.119. The Morgan fingerprint density at radius 3 is 2.73 bits per heavy atom. The van der Waals surface area contributed by atoms with E-state index in [-0.39, 0.29) is 24.2 Å². The number of carbonyl (C=O) groups is 2. The fourth-order valence-corrected chi connectivity index (χ4v) is 3.60. The highest BCUT2D eigenvalue weighted by molar-refractivity contribution is 7.14. The summed E-state index contributed by atoms with van der Waals surface area (Å²) >= 11 is 1.27. The van der Waals surface area contributed by atoms with Gasteiger partial charge < -0.3 is 14.5 Å². The van der Waals surface area contributed by atoms with Gasteiger partial charge in [0.2, 0.25) is 5.91 Å². The molecule has 0 aliphatic carbocycles. The van der Waals surface area contributed by atoms with Gasteiger partial charge in [0.05, 0.1) is 6.54 Å². The lowest BCUT2D eigenvalue weighted by Crippen LogP contribution is -2.18. The van der Waals surface area contributed by atoms with Crippen molar-refractivity contribution in [2.24, 2.45) is 0 Å². The van der Waals surface area contributed by atoms with Crippen LogP contribution in [0.5, 0.6) is 5.75 Å². The Kier molecular flexibility index (Phi) is 6.80. The van der Waals surface area contributed by atoms with Crippen LogP contribution >= 0.6 is 11.3 Å². The number of aromatic nitrogens is 1. The molecule has 0 saturated heterocycles. The third-order valence-electron chi connectivity index (χ3n) is 4.57. The first-order valence-electron chi connectivity index (χ1n) is 10.0. The van der Waals surface area contributed by atoms with Crippen molar-refractivity contribution in [1.29, 1.82) is 0 Å². The Balaban J connectivity index is 1.37. The highest BCUT2D eigenvalue weighted by Crippen LogP contribution is 2.27. The number of benzene rings is 2. The number of furan rings is 1. The molecule has 2 aromatic carbocycles. The number of halogens is 1. The van der Waals surface area contributed by atoms with E-state index in [9.17, 15) is 14.0 Å². The third-order valence-corrected chi connectivity index (χ3v) is 5.32. The highest BCUT2D eigenvalue weighted by atomic mass is 32.1. The summed E-state index contributed by atoms with van der Waals surface area (Å²) in [5.41, 5.74) is 1.82. The highest BCUT2D eigenvalue weighted by Gasteiger charge is 2.13. The van der Waals surface area contributed by atoms with Crippen LogP contribution in [-0.4, -0.2) is 16.8 Å². The normalized spacial score (nSPS) is 10.6. The van der Waals surface area contributed by atoms with Gasteiger partial charge in [0.1, 0.15) is 29.6 Å². The van der Waals surface area contributed by atoms with Crippen LogP contribution < -0.4 is 15.4 Å². The van der Waals surface area contributed by atoms with E-state index in [4.69, 9.17) is 9.15 Å². The minimum Gasteiger partial charge on any atom is -0.489 e. The van der Waals surface area contributed by atoms with Crippen molar-refractivity contribution in [3.05, 3.63) is 88.7 Å². The van der Waals surface area contributed by atoms with Crippen LogP contribution in [0.4, 0.5) is 9.52 Å². The number of hydrogen-bond donors (Lipinski definition) is 2. The molecule has 0 saturated carbocycles. The van der Waals surface area contributed by atoms with Gasteiger partial charge in [-0.25, -0.2) is 9.37 Å². The number of amides is 2. The molecular formula is C24H20FN3O4S. The minimum absolute atomic E-state index is 0.142. The SMILES string of the molecule is CC(=O)NCc1ccc(-c2csc(NC(=O)c3cccc(OCc4ccc(F)cc4)c3)n2)o1. The zero-order chi connectivity index (χ0) is 23.2. The second-order valence-electron chi connectivity index (χ2n) is 7.11. The molecule has 2 amide bonds. The van der Waals surface area contributed by atoms with Gasteiger partial charge in [-0.05, 0) is 48.0 Å². The van der Waals surface area contributed by atoms with Crippen LogP contribution in [0.15, 0.2) is 70.5 Å². The van der Waals surface area contributed by atoms with Crippen molar-refractivity contribution < 1.29 is 23.1 Å². The van der Waals surface area contributed by atoms with Crippen LogP contribution in [0.25, 0.3) is 11.5 Å². The largest absolute Gasteiger partial charge is 0.489 e. The molecule has 0 aliphatic heterocycles. The number of hydrogen-bond acceptors (Lipinski definition) is 6. The van der Waals surface area contributed by atoms with Crippen LogP contribution in [0.3, 0.4) is 0 Å². The van der Waals surface area contributed by atoms with E-state index in [1.54, 1.807) is 53.9 Å². The van der Waals surface area contributed by atoms with E-state index in [0.29, 0.717) is 40.2 Å². The molecule has 0 atom stereocenters. The molecule has 0 bridgehead atoms. The second-order valence-corrected chi connectivity index (χ2v) is 7.97. The molecule has 0 spiro atoms. The molecule has 168 valence electrons. The van der Waals surface area contributed by atoms with Crippen molar-refractivity contribution in [2.45, 2.75) is 20.1 Å². The van der Waals surface area contributed by atoms with Gasteiger partial charge in [-0.3, -0.25) is 14.9 Å². The third kappa shape index (κ3) is 6.05. The van der Waals surface area contributed by atoms with Crippen molar-refractivity contribution >= 4 is 28.3 Å². The standard InChI is InChI=1S/C24H20FN3O4S/c1-15(29)26-12-20-9-10-22(32-20)21-14-33-24(27-21)28-23(30)17-3-2-4-19(11-17)31-13-16-5-7-18(25)8-6-16/h2-11,14H,12-13H2,1H3,(H,26,29)(H,27,28,30). The Bertz CT molecular complexity index is 1270. The number of anilines is 1. The zero-order valence-electron chi connectivity index (χ0n) is 17.6. The van der Waals surface area contributed by atoms with Gasteiger partial charge in [-0.15, -0.1) is 11.3 Å². The molecule has 0 aliphatic rings. The number of nitrogens with one attached hydrogen (secondary N) is 2. The van der Waals surface area contributed by atoms with Gasteiger partial charge in [-0.2, -0.15) is 0 Å². The van der Waals surface area contributed by atoms with Crippen LogP contribution in [0, 0.1) is 5.82 Å². The first-order chi connectivity index (χ1) is 16.0. The number of thiazole rings is 1. The molecular weight excluding hydrogens is 445 g/mol. The van der Waals surface area contributed by atoms with Crippen molar-refractivity contribution in [3.8, 4) is 17.2 Å². The Labute approximate surface area is 193 Å². The van der Waals surface area contributed by atoms with Crippen molar-refractivity contribution in [2.75, 3.05) is 5.32 Å². The number of nitrogens with zero attached hydrogens (tertiary/aromatic N) is 1. The number of carbonyl (C=O) groups excluding carboxylic acids is 2. The second kappa shape index (κ2) is 10.1. The summed E-state index contributed by atoms with van der Waals surface area (Å²) < 4.78 is 24.4. The summed E-state index contributed by atoms with van der Waals surface area (Å²) in [7, 11) is 0. The lowest BCUT2D eigenvalue weighted by atomic mass is 10.2. The summed E-state index contributed by atoms with van der Waals surface area (Å²) in [4.78, 5) is 28.1. The smallest absolute Gasteiger partial charge is 0.257 e. The first-order valence-corrected chi connectivity index (χ1v) is 10.9. The summed E-state index contributed by atoms with van der Waals surface area (Å²) in [6.45, 7) is 1.99. The molecule has 2 N–H and O–H groups in total. The van der Waals surface area contributed by atoms with E-state index in [0.717, 1.165) is 5.56 Å². The van der Waals surface area contributed by atoms with Crippen LogP contribution in [0.1, 0.15) is 28.6 Å². The maximum absolute atomic E-state index is 13.0. The predicted molar refractivity (Wildman–Crippen MR) is 122 cm³/mol. The average Bonchev–Trinajstić information content (AvgIpc) is 3.47. The summed E-state index contributed by atoms with van der Waals surface area (Å²) in [6, 6.07) is 16.3. The maximum Gasteiger partial charge on any atom is 0.257 e.